The maximum atomic E-state index is 12.2. The van der Waals surface area contributed by atoms with Gasteiger partial charge in [-0.1, -0.05) is 0 Å². The van der Waals surface area contributed by atoms with Crippen molar-refractivity contribution in [3.8, 4) is 0 Å². The molecular formula is C7H9F3N4. The maximum Gasteiger partial charge on any atom is 0.433 e. The number of nitrogens with two attached hydrogens (primary N) is 1. The van der Waals surface area contributed by atoms with E-state index in [1.165, 1.54) is 0 Å². The number of rotatable bonds is 2. The largest absolute Gasteiger partial charge is 0.433 e. The van der Waals surface area contributed by atoms with Crippen molar-refractivity contribution in [1.82, 2.24) is 9.97 Å². The summed E-state index contributed by atoms with van der Waals surface area (Å²) in [5.41, 5.74) is 4.15. The number of hydrogen-bond acceptors (Lipinski definition) is 4. The average molecular weight is 206 g/mol. The summed E-state index contributed by atoms with van der Waals surface area (Å²) >= 11 is 0. The molecule has 0 aliphatic heterocycles. The fraction of sp³-hybridized carbons (Fsp3) is 0.429. The molecule has 0 unspecified atom stereocenters. The van der Waals surface area contributed by atoms with Gasteiger partial charge in [0.1, 0.15) is 5.82 Å². The van der Waals surface area contributed by atoms with Crippen LogP contribution in [0.2, 0.25) is 0 Å². The summed E-state index contributed by atoms with van der Waals surface area (Å²) in [7, 11) is 0. The second-order valence-corrected chi connectivity index (χ2v) is 2.53. The zero-order valence-corrected chi connectivity index (χ0v) is 7.39. The highest BCUT2D eigenvalue weighted by Crippen LogP contribution is 2.28. The molecule has 0 atom stereocenters. The second kappa shape index (κ2) is 3.69. The van der Waals surface area contributed by atoms with Crippen molar-refractivity contribution in [3.05, 3.63) is 11.8 Å². The van der Waals surface area contributed by atoms with Gasteiger partial charge >= 0.3 is 6.18 Å². The number of hydrogen-bond donors (Lipinski definition) is 2. The Balaban J connectivity index is 3.07. The van der Waals surface area contributed by atoms with E-state index >= 15 is 0 Å². The summed E-state index contributed by atoms with van der Waals surface area (Å²) in [5.74, 6) is -0.317. The molecule has 0 aliphatic rings. The molecule has 0 bridgehead atoms. The van der Waals surface area contributed by atoms with Crippen molar-refractivity contribution in [2.24, 2.45) is 0 Å². The van der Waals surface area contributed by atoms with E-state index in [1.807, 2.05) is 0 Å². The molecule has 1 rings (SSSR count). The third-order valence-corrected chi connectivity index (χ3v) is 1.37. The number of nitrogens with zero attached hydrogens (tertiary/aromatic N) is 2. The Morgan fingerprint density at radius 1 is 1.43 bits per heavy atom. The maximum absolute atomic E-state index is 12.2. The van der Waals surface area contributed by atoms with Crippen LogP contribution in [0.4, 0.5) is 24.9 Å². The van der Waals surface area contributed by atoms with Crippen molar-refractivity contribution in [2.45, 2.75) is 13.1 Å². The van der Waals surface area contributed by atoms with E-state index in [0.29, 0.717) is 12.6 Å². The first-order valence-electron chi connectivity index (χ1n) is 3.89. The van der Waals surface area contributed by atoms with Crippen LogP contribution in [0.25, 0.3) is 0 Å². The summed E-state index contributed by atoms with van der Waals surface area (Å²) in [6.45, 7) is 2.15. The molecule has 0 amide bonds. The van der Waals surface area contributed by atoms with Crippen molar-refractivity contribution < 1.29 is 13.2 Å². The van der Waals surface area contributed by atoms with Crippen molar-refractivity contribution in [3.63, 3.8) is 0 Å². The van der Waals surface area contributed by atoms with Crippen molar-refractivity contribution >= 4 is 11.8 Å². The molecule has 4 nitrogen and oxygen atoms in total. The van der Waals surface area contributed by atoms with E-state index in [9.17, 15) is 13.2 Å². The standard InChI is InChI=1S/C7H9F3N4/c1-2-12-6-13-4(7(8,9)10)3-5(11)14-6/h3H,2H2,1H3,(H3,11,12,13,14). The van der Waals surface area contributed by atoms with Crippen LogP contribution in [-0.2, 0) is 6.18 Å². The van der Waals surface area contributed by atoms with E-state index in [-0.39, 0.29) is 11.8 Å². The lowest BCUT2D eigenvalue weighted by molar-refractivity contribution is -0.141. The number of nitrogens with one attached hydrogen (secondary N) is 1. The number of halogens is 3. The van der Waals surface area contributed by atoms with Crippen LogP contribution in [0.5, 0.6) is 0 Å². The molecule has 78 valence electrons. The van der Waals surface area contributed by atoms with E-state index in [0.717, 1.165) is 0 Å². The molecule has 0 saturated carbocycles. The van der Waals surface area contributed by atoms with E-state index in [2.05, 4.69) is 15.3 Å². The number of aromatic nitrogens is 2. The monoisotopic (exact) mass is 206 g/mol. The fourth-order valence-corrected chi connectivity index (χ4v) is 0.848. The number of alkyl halides is 3. The summed E-state index contributed by atoms with van der Waals surface area (Å²) < 4.78 is 36.6. The summed E-state index contributed by atoms with van der Waals surface area (Å²) in [5, 5.41) is 2.56. The first-order valence-corrected chi connectivity index (χ1v) is 3.89. The van der Waals surface area contributed by atoms with Gasteiger partial charge in [-0.3, -0.25) is 0 Å². The van der Waals surface area contributed by atoms with E-state index in [4.69, 9.17) is 5.73 Å². The third-order valence-electron chi connectivity index (χ3n) is 1.37. The van der Waals surface area contributed by atoms with Crippen LogP contribution >= 0.6 is 0 Å². The quantitative estimate of drug-likeness (QED) is 0.769. The lowest BCUT2D eigenvalue weighted by atomic mass is 10.4. The molecule has 0 aliphatic carbocycles. The molecule has 0 radical (unpaired) electrons. The van der Waals surface area contributed by atoms with Gasteiger partial charge < -0.3 is 11.1 Å². The molecule has 7 heteroatoms. The highest BCUT2D eigenvalue weighted by Gasteiger charge is 2.33. The topological polar surface area (TPSA) is 63.8 Å². The van der Waals surface area contributed by atoms with Gasteiger partial charge in [-0.25, -0.2) is 4.98 Å². The first kappa shape index (κ1) is 10.6. The Morgan fingerprint density at radius 3 is 2.57 bits per heavy atom. The van der Waals surface area contributed by atoms with Crippen LogP contribution in [0.15, 0.2) is 6.07 Å². The van der Waals surface area contributed by atoms with Crippen molar-refractivity contribution in [2.75, 3.05) is 17.6 Å². The Morgan fingerprint density at radius 2 is 2.07 bits per heavy atom. The molecule has 1 aromatic rings. The van der Waals surface area contributed by atoms with Gasteiger partial charge in [0.25, 0.3) is 0 Å². The molecular weight excluding hydrogens is 197 g/mol. The minimum Gasteiger partial charge on any atom is -0.384 e. The Bertz CT molecular complexity index is 323. The van der Waals surface area contributed by atoms with Gasteiger partial charge in [0.2, 0.25) is 5.95 Å². The van der Waals surface area contributed by atoms with Crippen LogP contribution in [0.3, 0.4) is 0 Å². The minimum atomic E-state index is -4.50. The highest BCUT2D eigenvalue weighted by molar-refractivity contribution is 5.39. The number of anilines is 2. The predicted molar refractivity (Wildman–Crippen MR) is 45.6 cm³/mol. The lowest BCUT2D eigenvalue weighted by Crippen LogP contribution is -2.13. The van der Waals surface area contributed by atoms with Crippen LogP contribution in [0, 0.1) is 0 Å². The van der Waals surface area contributed by atoms with Crippen LogP contribution < -0.4 is 11.1 Å². The Kier molecular flexibility index (Phi) is 2.78. The van der Waals surface area contributed by atoms with Crippen LogP contribution in [0.1, 0.15) is 12.6 Å². The molecule has 0 aromatic carbocycles. The molecule has 0 spiro atoms. The van der Waals surface area contributed by atoms with Gasteiger partial charge in [0.15, 0.2) is 5.69 Å². The van der Waals surface area contributed by atoms with Crippen molar-refractivity contribution in [1.29, 1.82) is 0 Å². The van der Waals surface area contributed by atoms with Gasteiger partial charge in [-0.15, -0.1) is 0 Å². The second-order valence-electron chi connectivity index (χ2n) is 2.53. The first-order chi connectivity index (χ1) is 6.43. The van der Waals surface area contributed by atoms with Gasteiger partial charge in [0.05, 0.1) is 0 Å². The normalized spacial score (nSPS) is 11.4. The molecule has 0 saturated heterocycles. The lowest BCUT2D eigenvalue weighted by Gasteiger charge is -2.08. The minimum absolute atomic E-state index is 0.111. The van der Waals surface area contributed by atoms with E-state index in [1.54, 1.807) is 6.92 Å². The average Bonchev–Trinajstić information content (AvgIpc) is 2.02. The van der Waals surface area contributed by atoms with Gasteiger partial charge in [-0.2, -0.15) is 18.2 Å². The molecule has 3 N–H and O–H groups in total. The zero-order chi connectivity index (χ0) is 10.8. The molecule has 14 heavy (non-hydrogen) atoms. The third kappa shape index (κ3) is 2.48. The van der Waals surface area contributed by atoms with E-state index < -0.39 is 11.9 Å². The van der Waals surface area contributed by atoms with Gasteiger partial charge in [-0.05, 0) is 6.92 Å². The van der Waals surface area contributed by atoms with Crippen LogP contribution in [-0.4, -0.2) is 16.5 Å². The van der Waals surface area contributed by atoms with Gasteiger partial charge in [0, 0.05) is 12.6 Å². The predicted octanol–water partition coefficient (Wildman–Crippen LogP) is 1.51. The summed E-state index contributed by atoms with van der Waals surface area (Å²) in [6.07, 6.45) is -4.50. The summed E-state index contributed by atoms with van der Waals surface area (Å²) in [4.78, 5) is 6.86. The molecule has 1 heterocycles. The SMILES string of the molecule is CCNc1nc(N)cc(C(F)(F)F)n1. The molecule has 0 fully saturated rings. The molecule has 1 aromatic heterocycles. The highest BCUT2D eigenvalue weighted by atomic mass is 19.4. The Hall–Kier alpha value is -1.53. The Labute approximate surface area is 78.4 Å². The fourth-order valence-electron chi connectivity index (χ4n) is 0.848. The summed E-state index contributed by atoms with van der Waals surface area (Å²) in [6, 6.07) is 0.695. The number of nitrogen functional groups attached to an aromatic ring is 1. The smallest absolute Gasteiger partial charge is 0.384 e. The zero-order valence-electron chi connectivity index (χ0n) is 7.39.